The molecular weight excluding hydrogens is 411 g/mol. The molecule has 146 valence electrons. The maximum atomic E-state index is 13.3. The highest BCUT2D eigenvalue weighted by molar-refractivity contribution is 7.98. The molecule has 0 aliphatic rings. The number of hydrogen-bond donors (Lipinski definition) is 1. The Balaban J connectivity index is 1.60. The van der Waals surface area contributed by atoms with Crippen LogP contribution in [0.5, 0.6) is 0 Å². The lowest BCUT2D eigenvalue weighted by molar-refractivity contribution is 0.0945. The van der Waals surface area contributed by atoms with Gasteiger partial charge in [0.1, 0.15) is 5.82 Å². The van der Waals surface area contributed by atoms with Gasteiger partial charge in [0.05, 0.1) is 17.9 Å². The van der Waals surface area contributed by atoms with E-state index in [0.717, 1.165) is 4.88 Å². The molecule has 0 aliphatic heterocycles. The first-order chi connectivity index (χ1) is 14.2. The van der Waals surface area contributed by atoms with Crippen molar-refractivity contribution < 1.29 is 9.18 Å². The molecule has 1 aromatic carbocycles. The largest absolute Gasteiger partial charge is 0.346 e. The first-order valence-corrected chi connectivity index (χ1v) is 10.5. The molecule has 1 N–H and O–H groups in total. The molecule has 3 heterocycles. The van der Waals surface area contributed by atoms with Gasteiger partial charge >= 0.3 is 0 Å². The zero-order chi connectivity index (χ0) is 20.1. The molecule has 0 bridgehead atoms. The number of nitrogens with one attached hydrogen (secondary N) is 1. The first kappa shape index (κ1) is 19.2. The fraction of sp³-hybridized carbons (Fsp3) is 0.105. The topological polar surface area (TPSA) is 85.6 Å². The summed E-state index contributed by atoms with van der Waals surface area (Å²) in [7, 11) is 0. The van der Waals surface area contributed by atoms with Gasteiger partial charge in [0.2, 0.25) is 0 Å². The van der Waals surface area contributed by atoms with Crippen LogP contribution < -0.4 is 5.32 Å². The summed E-state index contributed by atoms with van der Waals surface area (Å²) in [4.78, 5) is 22.2. The van der Waals surface area contributed by atoms with Gasteiger partial charge in [0.15, 0.2) is 10.9 Å². The Morgan fingerprint density at radius 2 is 1.93 bits per heavy atom. The van der Waals surface area contributed by atoms with E-state index in [4.69, 9.17) is 0 Å². The average Bonchev–Trinajstić information content (AvgIpc) is 3.42. The Morgan fingerprint density at radius 1 is 1.14 bits per heavy atom. The Bertz CT molecular complexity index is 1080. The molecule has 0 saturated carbocycles. The monoisotopic (exact) mass is 426 g/mol. The first-order valence-electron chi connectivity index (χ1n) is 8.61. The summed E-state index contributed by atoms with van der Waals surface area (Å²) in [6.45, 7) is 0.411. The molecule has 29 heavy (non-hydrogen) atoms. The summed E-state index contributed by atoms with van der Waals surface area (Å²) in [6, 6.07) is 11.5. The van der Waals surface area contributed by atoms with E-state index in [1.54, 1.807) is 41.9 Å². The summed E-state index contributed by atoms with van der Waals surface area (Å²) in [6.07, 6.45) is 3.30. The second kappa shape index (κ2) is 8.93. The Labute approximate surface area is 174 Å². The number of nitrogens with zero attached hydrogens (tertiary/aromatic N) is 5. The van der Waals surface area contributed by atoms with Crippen molar-refractivity contribution in [3.05, 3.63) is 82.3 Å². The molecule has 0 fully saturated rings. The zero-order valence-corrected chi connectivity index (χ0v) is 16.7. The highest BCUT2D eigenvalue weighted by atomic mass is 32.2. The van der Waals surface area contributed by atoms with E-state index in [0.29, 0.717) is 28.8 Å². The fourth-order valence-corrected chi connectivity index (χ4v) is 3.99. The molecule has 3 aromatic heterocycles. The maximum Gasteiger partial charge on any atom is 0.274 e. The second-order valence-electron chi connectivity index (χ2n) is 5.86. The van der Waals surface area contributed by atoms with Crippen LogP contribution in [0.15, 0.2) is 65.4 Å². The number of carbonyl (C=O) groups excluding carboxylic acids is 1. The minimum Gasteiger partial charge on any atom is -0.346 e. The number of thioether (sulfide) groups is 1. The van der Waals surface area contributed by atoms with Crippen molar-refractivity contribution in [3.8, 4) is 5.69 Å². The normalized spacial score (nSPS) is 10.8. The fourth-order valence-electron chi connectivity index (χ4n) is 2.55. The lowest BCUT2D eigenvalue weighted by atomic mass is 10.2. The summed E-state index contributed by atoms with van der Waals surface area (Å²) < 4.78 is 14.8. The summed E-state index contributed by atoms with van der Waals surface area (Å²) in [5, 5.41) is 13.6. The molecular formula is C19H15FN6OS2. The van der Waals surface area contributed by atoms with Crippen LogP contribution in [0.1, 0.15) is 21.1 Å². The van der Waals surface area contributed by atoms with Crippen LogP contribution in [0.2, 0.25) is 0 Å². The molecule has 4 rings (SSSR count). The molecule has 1 amide bonds. The van der Waals surface area contributed by atoms with Gasteiger partial charge in [-0.05, 0) is 41.8 Å². The highest BCUT2D eigenvalue weighted by Gasteiger charge is 2.21. The van der Waals surface area contributed by atoms with Gasteiger partial charge in [-0.15, -0.1) is 16.4 Å². The molecule has 10 heteroatoms. The predicted octanol–water partition coefficient (Wildman–Crippen LogP) is 3.48. The zero-order valence-electron chi connectivity index (χ0n) is 15.0. The second-order valence-corrected chi connectivity index (χ2v) is 7.83. The lowest BCUT2D eigenvalue weighted by Gasteiger charge is -2.08. The van der Waals surface area contributed by atoms with Gasteiger partial charge in [-0.1, -0.05) is 23.0 Å². The van der Waals surface area contributed by atoms with Crippen molar-refractivity contribution in [1.82, 2.24) is 30.3 Å². The number of thiophene rings is 1. The average molecular weight is 427 g/mol. The summed E-state index contributed by atoms with van der Waals surface area (Å²) in [5.74, 6) is -0.302. The molecule has 0 radical (unpaired) electrons. The molecule has 0 spiro atoms. The van der Waals surface area contributed by atoms with Gasteiger partial charge in [0, 0.05) is 23.0 Å². The van der Waals surface area contributed by atoms with Crippen LogP contribution in [-0.2, 0) is 12.3 Å². The number of benzene rings is 1. The number of amides is 1. The molecule has 7 nitrogen and oxygen atoms in total. The smallest absolute Gasteiger partial charge is 0.274 e. The van der Waals surface area contributed by atoms with Crippen molar-refractivity contribution in [2.24, 2.45) is 0 Å². The highest BCUT2D eigenvalue weighted by Crippen LogP contribution is 2.23. The third-order valence-electron chi connectivity index (χ3n) is 3.93. The minimum atomic E-state index is -0.351. The van der Waals surface area contributed by atoms with E-state index >= 15 is 0 Å². The van der Waals surface area contributed by atoms with Crippen molar-refractivity contribution in [3.63, 3.8) is 0 Å². The standard InChI is InChI=1S/C19H15FN6OS2/c20-13-4-6-14(7-5-13)26-16(12-29-19-21-8-2-9-22-19)17(24-25-26)18(27)23-11-15-3-1-10-28-15/h1-10H,11-12H2,(H,23,27). The van der Waals surface area contributed by atoms with Crippen molar-refractivity contribution in [2.75, 3.05) is 0 Å². The number of halogens is 1. The maximum absolute atomic E-state index is 13.3. The third kappa shape index (κ3) is 4.66. The lowest BCUT2D eigenvalue weighted by Crippen LogP contribution is -2.24. The van der Waals surface area contributed by atoms with Crippen LogP contribution in [-0.4, -0.2) is 30.9 Å². The third-order valence-corrected chi connectivity index (χ3v) is 5.70. The van der Waals surface area contributed by atoms with Crippen LogP contribution in [0.3, 0.4) is 0 Å². The van der Waals surface area contributed by atoms with Crippen LogP contribution >= 0.6 is 23.1 Å². The minimum absolute atomic E-state index is 0.217. The molecule has 0 atom stereocenters. The van der Waals surface area contributed by atoms with E-state index in [9.17, 15) is 9.18 Å². The Kier molecular flexibility index (Phi) is 5.92. The summed E-state index contributed by atoms with van der Waals surface area (Å²) in [5.41, 5.74) is 1.41. The quantitative estimate of drug-likeness (QED) is 0.360. The van der Waals surface area contributed by atoms with Crippen LogP contribution in [0.4, 0.5) is 4.39 Å². The van der Waals surface area contributed by atoms with Crippen molar-refractivity contribution in [1.29, 1.82) is 0 Å². The van der Waals surface area contributed by atoms with E-state index in [1.807, 2.05) is 17.5 Å². The summed E-state index contributed by atoms with van der Waals surface area (Å²) >= 11 is 2.93. The Hall–Kier alpha value is -3.11. The number of aromatic nitrogens is 5. The van der Waals surface area contributed by atoms with E-state index < -0.39 is 0 Å². The molecule has 0 saturated heterocycles. The van der Waals surface area contributed by atoms with Gasteiger partial charge in [-0.2, -0.15) is 0 Å². The van der Waals surface area contributed by atoms with Gasteiger partial charge in [-0.25, -0.2) is 19.0 Å². The van der Waals surface area contributed by atoms with E-state index in [-0.39, 0.29) is 17.4 Å². The molecule has 4 aromatic rings. The van der Waals surface area contributed by atoms with Crippen molar-refractivity contribution in [2.45, 2.75) is 17.5 Å². The van der Waals surface area contributed by atoms with Gasteiger partial charge in [-0.3, -0.25) is 4.79 Å². The number of carbonyl (C=O) groups is 1. The van der Waals surface area contributed by atoms with Crippen molar-refractivity contribution >= 4 is 29.0 Å². The molecule has 0 aliphatic carbocycles. The van der Waals surface area contributed by atoms with Crippen LogP contribution in [0.25, 0.3) is 5.69 Å². The SMILES string of the molecule is O=C(NCc1cccs1)c1nnn(-c2ccc(F)cc2)c1CSc1ncccn1. The Morgan fingerprint density at radius 3 is 2.66 bits per heavy atom. The van der Waals surface area contributed by atoms with E-state index in [2.05, 4.69) is 25.6 Å². The molecule has 0 unspecified atom stereocenters. The van der Waals surface area contributed by atoms with Gasteiger partial charge in [0.25, 0.3) is 5.91 Å². The predicted molar refractivity (Wildman–Crippen MR) is 108 cm³/mol. The van der Waals surface area contributed by atoms with Gasteiger partial charge < -0.3 is 5.32 Å². The number of hydrogen-bond acceptors (Lipinski definition) is 7. The van der Waals surface area contributed by atoms with Crippen LogP contribution in [0, 0.1) is 5.82 Å². The number of rotatable bonds is 7. The van der Waals surface area contributed by atoms with E-state index in [1.165, 1.54) is 28.6 Å².